The fraction of sp³-hybridized carbons (Fsp3) is 0.714. The first-order chi connectivity index (χ1) is 17.0. The van der Waals surface area contributed by atoms with Crippen molar-refractivity contribution in [3.8, 4) is 0 Å². The fourth-order valence-corrected chi connectivity index (χ4v) is 8.75. The molecule has 1 aromatic carbocycles. The molecule has 1 spiro atoms. The molecule has 6 atom stereocenters. The smallest absolute Gasteiger partial charge is 0.227 e. The summed E-state index contributed by atoms with van der Waals surface area (Å²) in [6, 6.07) is 11.5. The topological polar surface area (TPSA) is 60.0 Å². The van der Waals surface area contributed by atoms with E-state index in [9.17, 15) is 4.79 Å². The summed E-state index contributed by atoms with van der Waals surface area (Å²) in [4.78, 5) is 24.0. The predicted octanol–water partition coefficient (Wildman–Crippen LogP) is -5.58. The molecule has 1 amide bonds. The molecule has 38 heavy (non-hydrogen) atoms. The first-order valence-electron chi connectivity index (χ1n) is 13.7. The van der Waals surface area contributed by atoms with E-state index in [0.717, 1.165) is 63.6 Å². The average molecular weight is 604 g/mol. The van der Waals surface area contributed by atoms with Gasteiger partial charge in [-0.15, -0.1) is 0 Å². The molecule has 4 heterocycles. The largest absolute Gasteiger partial charge is 1.00 e. The standard InChI is InChI=1S/C28H43N5OS.3ClH/c1-5-19(6-2)24-14-21(20-10-8-7-9-11-20)12-13-33(24)26(34)22-15-29-17-28(22)18-30-16-23-25(28)35-27(31-23)32(3)4;;;/h7-11,19,21-25,29-30H,5-6,12-18H2,1-4H3;3*1H/p-3/t21-,22+,23?,24+,25?,28+;;;/m1.../s1. The monoisotopic (exact) mass is 602 g/mol. The highest BCUT2D eigenvalue weighted by molar-refractivity contribution is 8.14. The van der Waals surface area contributed by atoms with Crippen LogP contribution >= 0.6 is 11.8 Å². The Morgan fingerprint density at radius 1 is 1.11 bits per heavy atom. The Morgan fingerprint density at radius 2 is 1.76 bits per heavy atom. The van der Waals surface area contributed by atoms with Crippen LogP contribution in [0, 0.1) is 17.3 Å². The van der Waals surface area contributed by atoms with E-state index in [1.54, 1.807) is 0 Å². The minimum absolute atomic E-state index is 0. The summed E-state index contributed by atoms with van der Waals surface area (Å²) < 4.78 is 0. The van der Waals surface area contributed by atoms with Gasteiger partial charge in [-0.3, -0.25) is 9.79 Å². The third-order valence-electron chi connectivity index (χ3n) is 9.20. The van der Waals surface area contributed by atoms with Gasteiger partial charge < -0.3 is 57.7 Å². The molecule has 4 aliphatic rings. The molecule has 2 N–H and O–H groups in total. The number of halogens is 3. The van der Waals surface area contributed by atoms with Gasteiger partial charge in [-0.2, -0.15) is 0 Å². The molecule has 5 rings (SSSR count). The number of carbonyl (C=O) groups excluding carboxylic acids is 1. The molecule has 1 aromatic rings. The third kappa shape index (κ3) is 6.13. The minimum atomic E-state index is -0.0827. The zero-order valence-electron chi connectivity index (χ0n) is 23.0. The van der Waals surface area contributed by atoms with Crippen LogP contribution in [0.5, 0.6) is 0 Å². The van der Waals surface area contributed by atoms with E-state index >= 15 is 0 Å². The number of fused-ring (bicyclic) bond motifs is 2. The van der Waals surface area contributed by atoms with Gasteiger partial charge in [0.2, 0.25) is 5.91 Å². The molecule has 2 unspecified atom stereocenters. The number of aliphatic imine (C=N–C) groups is 1. The van der Waals surface area contributed by atoms with E-state index in [1.807, 2.05) is 11.8 Å². The summed E-state index contributed by atoms with van der Waals surface area (Å²) in [7, 11) is 4.16. The average Bonchev–Trinajstić information content (AvgIpc) is 3.51. The molecule has 3 fully saturated rings. The fourth-order valence-electron chi connectivity index (χ4n) is 7.23. The minimum Gasteiger partial charge on any atom is -1.00 e. The lowest BCUT2D eigenvalue weighted by molar-refractivity contribution is -0.144. The Bertz CT molecular complexity index is 934. The van der Waals surface area contributed by atoms with Crippen LogP contribution in [0.2, 0.25) is 0 Å². The van der Waals surface area contributed by atoms with E-state index in [1.165, 1.54) is 5.56 Å². The number of benzene rings is 1. The molecule has 4 aliphatic heterocycles. The van der Waals surface area contributed by atoms with E-state index < -0.39 is 0 Å². The first-order valence-corrected chi connectivity index (χ1v) is 14.5. The number of amidine groups is 1. The molecule has 216 valence electrons. The van der Waals surface area contributed by atoms with Crippen LogP contribution < -0.4 is 47.9 Å². The number of carbonyl (C=O) groups is 1. The van der Waals surface area contributed by atoms with Crippen LogP contribution in [0.1, 0.15) is 51.0 Å². The number of nitrogens with zero attached hydrogens (tertiary/aromatic N) is 3. The number of thioether (sulfide) groups is 1. The van der Waals surface area contributed by atoms with Crippen molar-refractivity contribution >= 4 is 22.8 Å². The third-order valence-corrected chi connectivity index (χ3v) is 10.9. The summed E-state index contributed by atoms with van der Waals surface area (Å²) in [5.41, 5.74) is 1.35. The number of rotatable bonds is 5. The van der Waals surface area contributed by atoms with E-state index in [2.05, 4.69) is 78.7 Å². The van der Waals surface area contributed by atoms with Crippen LogP contribution in [0.15, 0.2) is 35.3 Å². The molecule has 0 aliphatic carbocycles. The molecular formula is C28H43Cl3N5OS-3. The van der Waals surface area contributed by atoms with Crippen LogP contribution in [0.3, 0.4) is 0 Å². The Labute approximate surface area is 252 Å². The second kappa shape index (κ2) is 14.3. The number of amides is 1. The number of nitrogens with one attached hydrogen (secondary N) is 2. The van der Waals surface area contributed by atoms with Gasteiger partial charge in [0, 0.05) is 63.5 Å². The van der Waals surface area contributed by atoms with Gasteiger partial charge in [-0.25, -0.2) is 0 Å². The van der Waals surface area contributed by atoms with E-state index in [0.29, 0.717) is 29.0 Å². The summed E-state index contributed by atoms with van der Waals surface area (Å²) in [6.45, 7) is 8.97. The Hall–Kier alpha value is -0.700. The molecular weight excluding hydrogens is 561 g/mol. The van der Waals surface area contributed by atoms with Crippen molar-refractivity contribution in [3.05, 3.63) is 35.9 Å². The quantitative estimate of drug-likeness (QED) is 0.352. The molecule has 3 saturated heterocycles. The second-order valence-corrected chi connectivity index (χ2v) is 12.4. The van der Waals surface area contributed by atoms with Gasteiger partial charge in [-0.05, 0) is 30.2 Å². The van der Waals surface area contributed by atoms with Gasteiger partial charge in [0.15, 0.2) is 5.17 Å². The molecule has 0 radical (unpaired) electrons. The molecule has 10 heteroatoms. The highest BCUT2D eigenvalue weighted by Gasteiger charge is 2.59. The predicted molar refractivity (Wildman–Crippen MR) is 146 cm³/mol. The molecule has 0 aromatic heterocycles. The second-order valence-electron chi connectivity index (χ2n) is 11.3. The van der Waals surface area contributed by atoms with Crippen molar-refractivity contribution in [2.24, 2.45) is 22.2 Å². The summed E-state index contributed by atoms with van der Waals surface area (Å²) >= 11 is 1.91. The zero-order chi connectivity index (χ0) is 24.6. The summed E-state index contributed by atoms with van der Waals surface area (Å²) in [6.07, 6.45) is 4.40. The maximum atomic E-state index is 14.5. The molecule has 6 nitrogen and oxygen atoms in total. The number of piperidine rings is 2. The Balaban J connectivity index is 0.00000169. The highest BCUT2D eigenvalue weighted by atomic mass is 35.5. The van der Waals surface area contributed by atoms with Crippen molar-refractivity contribution in [2.75, 3.05) is 46.8 Å². The van der Waals surface area contributed by atoms with Gasteiger partial charge >= 0.3 is 0 Å². The maximum Gasteiger partial charge on any atom is 0.227 e. The molecule has 0 bridgehead atoms. The van der Waals surface area contributed by atoms with Gasteiger partial charge in [0.05, 0.1) is 12.0 Å². The number of hydrogen-bond acceptors (Lipinski definition) is 6. The normalized spacial score (nSPS) is 32.1. The highest BCUT2D eigenvalue weighted by Crippen LogP contribution is 2.49. The number of hydrogen-bond donors (Lipinski definition) is 2. The van der Waals surface area contributed by atoms with Crippen molar-refractivity contribution in [3.63, 3.8) is 0 Å². The van der Waals surface area contributed by atoms with Crippen molar-refractivity contribution in [1.82, 2.24) is 20.4 Å². The lowest BCUT2D eigenvalue weighted by Crippen LogP contribution is -3.00. The van der Waals surface area contributed by atoms with Gasteiger partial charge in [0.1, 0.15) is 0 Å². The SMILES string of the molecule is CCC(CC)[C@@H]1C[C@H](c2ccccc2)CCN1C(=O)[C@@H]1CNC[C@]12CNCC1N=C(N(C)C)SC12.[Cl-].[Cl-].[Cl-]. The Morgan fingerprint density at radius 3 is 2.39 bits per heavy atom. The van der Waals surface area contributed by atoms with E-state index in [-0.39, 0.29) is 54.6 Å². The summed E-state index contributed by atoms with van der Waals surface area (Å²) in [5, 5.41) is 8.79. The van der Waals surface area contributed by atoms with E-state index in [4.69, 9.17) is 4.99 Å². The summed E-state index contributed by atoms with van der Waals surface area (Å²) in [5.74, 6) is 1.50. The van der Waals surface area contributed by atoms with Crippen LogP contribution in [-0.2, 0) is 4.79 Å². The van der Waals surface area contributed by atoms with Gasteiger partial charge in [0.25, 0.3) is 0 Å². The molecule has 0 saturated carbocycles. The van der Waals surface area contributed by atoms with Crippen molar-refractivity contribution in [2.45, 2.75) is 62.8 Å². The number of likely N-dealkylation sites (tertiary alicyclic amines) is 1. The van der Waals surface area contributed by atoms with Crippen LogP contribution in [0.4, 0.5) is 0 Å². The van der Waals surface area contributed by atoms with Gasteiger partial charge in [-0.1, -0.05) is 68.8 Å². The Kier molecular flexibility index (Phi) is 12.6. The lowest BCUT2D eigenvalue weighted by Gasteiger charge is -2.49. The lowest BCUT2D eigenvalue weighted by atomic mass is 9.69. The first kappa shape index (κ1) is 33.5. The van der Waals surface area contributed by atoms with Crippen molar-refractivity contribution < 1.29 is 42.0 Å². The van der Waals surface area contributed by atoms with Crippen molar-refractivity contribution in [1.29, 1.82) is 0 Å². The zero-order valence-corrected chi connectivity index (χ0v) is 26.1. The maximum absolute atomic E-state index is 14.5. The van der Waals surface area contributed by atoms with Crippen LogP contribution in [-0.4, -0.2) is 85.0 Å². The van der Waals surface area contributed by atoms with Crippen LogP contribution in [0.25, 0.3) is 0 Å².